The number of hydrogen-bond donors (Lipinski definition) is 2. The van der Waals surface area contributed by atoms with Crippen LogP contribution < -0.4 is 14.8 Å². The monoisotopic (exact) mass is 643 g/mol. The van der Waals surface area contributed by atoms with Gasteiger partial charge in [0.15, 0.2) is 9.92 Å². The van der Waals surface area contributed by atoms with Crippen LogP contribution in [0.1, 0.15) is 65.1 Å². The van der Waals surface area contributed by atoms with Crippen LogP contribution in [0.25, 0.3) is 0 Å². The highest BCUT2D eigenvalue weighted by atomic mass is 32.2. The number of carbonyl (C=O) groups excluding carboxylic acids is 1. The Kier molecular flexibility index (Phi) is 7.17. The summed E-state index contributed by atoms with van der Waals surface area (Å²) in [7, 11) is -3.77. The van der Waals surface area contributed by atoms with Gasteiger partial charge in [0.1, 0.15) is 16.5 Å². The molecule has 2 heterocycles. The number of aromatic nitrogens is 2. The molecule has 8 rings (SSSR count). The van der Waals surface area contributed by atoms with Gasteiger partial charge >= 0.3 is 6.03 Å². The van der Waals surface area contributed by atoms with Gasteiger partial charge in [-0.25, -0.2) is 18.4 Å². The van der Waals surface area contributed by atoms with E-state index in [9.17, 15) is 4.79 Å². The predicted molar refractivity (Wildman–Crippen MR) is 183 cm³/mol. The van der Waals surface area contributed by atoms with Crippen LogP contribution in [0.4, 0.5) is 10.5 Å². The molecule has 1 aliphatic heterocycles. The number of benzene rings is 4. The third kappa shape index (κ3) is 4.91. The molecule has 2 amide bonds. The van der Waals surface area contributed by atoms with Crippen molar-refractivity contribution in [2.45, 2.75) is 68.5 Å². The smallest absolute Gasteiger partial charge is 0.331 e. The van der Waals surface area contributed by atoms with Gasteiger partial charge < -0.3 is 10.1 Å². The van der Waals surface area contributed by atoms with Gasteiger partial charge in [-0.15, -0.1) is 0 Å². The third-order valence-electron chi connectivity index (χ3n) is 9.66. The average molecular weight is 644 g/mol. The summed E-state index contributed by atoms with van der Waals surface area (Å²) < 4.78 is 31.9. The molecule has 4 aromatic carbocycles. The number of urea groups is 1. The second kappa shape index (κ2) is 11.4. The number of hydrogen-bond acceptors (Lipinski definition) is 5. The number of ether oxygens (including phenoxy) is 1. The van der Waals surface area contributed by atoms with Gasteiger partial charge in [-0.3, -0.25) is 0 Å². The number of aryl methyl sites for hydroxylation is 1. The van der Waals surface area contributed by atoms with Gasteiger partial charge in [0.2, 0.25) is 5.88 Å². The molecular weight excluding hydrogens is 607 g/mol. The van der Waals surface area contributed by atoms with Crippen LogP contribution >= 0.6 is 0 Å². The van der Waals surface area contributed by atoms with Crippen LogP contribution in [0.5, 0.6) is 5.88 Å². The van der Waals surface area contributed by atoms with Crippen molar-refractivity contribution in [3.63, 3.8) is 0 Å². The van der Waals surface area contributed by atoms with Crippen molar-refractivity contribution in [2.24, 2.45) is 4.36 Å². The van der Waals surface area contributed by atoms with Gasteiger partial charge in [-0.05, 0) is 77.5 Å². The Hall–Kier alpha value is -4.89. The van der Waals surface area contributed by atoms with Crippen molar-refractivity contribution in [2.75, 3.05) is 5.32 Å². The molecule has 9 heteroatoms. The Morgan fingerprint density at radius 2 is 1.53 bits per heavy atom. The minimum absolute atomic E-state index is 0.163. The maximum absolute atomic E-state index is 15.8. The Morgan fingerprint density at radius 1 is 0.915 bits per heavy atom. The molecule has 0 saturated heterocycles. The first-order valence-corrected chi connectivity index (χ1v) is 17.8. The fourth-order valence-electron chi connectivity index (χ4n) is 7.55. The van der Waals surface area contributed by atoms with Crippen LogP contribution in [-0.4, -0.2) is 26.1 Å². The largest absolute Gasteiger partial charge is 0.472 e. The summed E-state index contributed by atoms with van der Waals surface area (Å²) in [6, 6.07) is 31.2. The van der Waals surface area contributed by atoms with E-state index < -0.39 is 21.5 Å². The maximum Gasteiger partial charge on any atom is 0.331 e. The molecule has 1 aromatic heterocycles. The van der Waals surface area contributed by atoms with Crippen LogP contribution in [0.2, 0.25) is 0 Å². The van der Waals surface area contributed by atoms with Gasteiger partial charge in [-0.2, -0.15) is 9.46 Å². The summed E-state index contributed by atoms with van der Waals surface area (Å²) in [6.45, 7) is 4.64. The van der Waals surface area contributed by atoms with Crippen LogP contribution in [0.3, 0.4) is 0 Å². The van der Waals surface area contributed by atoms with Gasteiger partial charge in [0.25, 0.3) is 0 Å². The Morgan fingerprint density at radius 3 is 2.13 bits per heavy atom. The van der Waals surface area contributed by atoms with E-state index in [2.05, 4.69) is 28.1 Å². The summed E-state index contributed by atoms with van der Waals surface area (Å²) in [4.78, 5) is 14.5. The van der Waals surface area contributed by atoms with E-state index >= 15 is 4.21 Å². The summed E-state index contributed by atoms with van der Waals surface area (Å²) >= 11 is 0. The van der Waals surface area contributed by atoms with Crippen LogP contribution in [0, 0.1) is 0 Å². The van der Waals surface area contributed by atoms with Crippen molar-refractivity contribution in [3.05, 3.63) is 142 Å². The zero-order valence-electron chi connectivity index (χ0n) is 26.5. The molecule has 0 saturated carbocycles. The number of rotatable bonds is 7. The Bertz CT molecular complexity index is 2000. The van der Waals surface area contributed by atoms with Crippen molar-refractivity contribution in [1.82, 2.24) is 14.5 Å². The molecule has 2 aliphatic carbocycles. The zero-order valence-corrected chi connectivity index (χ0v) is 27.3. The van der Waals surface area contributed by atoms with E-state index in [-0.39, 0.29) is 11.0 Å². The molecule has 3 aliphatic rings. The molecule has 47 heavy (non-hydrogen) atoms. The normalized spacial score (nSPS) is 18.9. The van der Waals surface area contributed by atoms with Gasteiger partial charge in [0.05, 0.1) is 12.7 Å². The van der Waals surface area contributed by atoms with E-state index in [0.29, 0.717) is 18.3 Å². The summed E-state index contributed by atoms with van der Waals surface area (Å²) in [5.41, 5.74) is 6.96. The van der Waals surface area contributed by atoms with Crippen molar-refractivity contribution >= 4 is 21.6 Å². The lowest BCUT2D eigenvalue weighted by molar-refractivity contribution is 0.248. The fourth-order valence-corrected chi connectivity index (χ4v) is 9.38. The minimum Gasteiger partial charge on any atom is -0.472 e. The second-order valence-electron chi connectivity index (χ2n) is 12.8. The molecule has 1 unspecified atom stereocenters. The highest BCUT2D eigenvalue weighted by molar-refractivity contribution is 7.92. The first-order chi connectivity index (χ1) is 22.9. The third-order valence-corrected chi connectivity index (χ3v) is 11.5. The van der Waals surface area contributed by atoms with E-state index in [1.807, 2.05) is 97.9 Å². The topological polar surface area (TPSA) is 97.6 Å². The second-order valence-corrected chi connectivity index (χ2v) is 14.7. The molecule has 238 valence electrons. The SMILES string of the molecule is C[C@@H]1Cc2cc3c(c(NC(=O)NS(=O)(=NC(c4ccccc4)(c4ccccc4)c4ccccc4)c4cnn5c4O[C@@H](C)C5)c21)CCC3. The minimum atomic E-state index is -3.77. The van der Waals surface area contributed by atoms with Crippen LogP contribution in [-0.2, 0) is 41.3 Å². The fraction of sp³-hybridized carbons (Fsp3) is 0.263. The molecule has 3 atom stereocenters. The molecule has 0 radical (unpaired) electrons. The summed E-state index contributed by atoms with van der Waals surface area (Å²) in [6.07, 6.45) is 5.33. The zero-order chi connectivity index (χ0) is 32.2. The number of nitrogens with one attached hydrogen (secondary N) is 2. The van der Waals surface area contributed by atoms with Crippen LogP contribution in [0.15, 0.2) is 113 Å². The molecule has 0 fully saturated rings. The van der Waals surface area contributed by atoms with E-state index in [4.69, 9.17) is 9.10 Å². The summed E-state index contributed by atoms with van der Waals surface area (Å²) in [5.74, 6) is 0.698. The molecule has 0 spiro atoms. The number of anilines is 1. The number of nitrogens with zero attached hydrogens (tertiary/aromatic N) is 3. The van der Waals surface area contributed by atoms with E-state index in [1.54, 1.807) is 4.68 Å². The summed E-state index contributed by atoms with van der Waals surface area (Å²) in [5, 5.41) is 7.70. The van der Waals surface area contributed by atoms with Gasteiger partial charge in [-0.1, -0.05) is 104 Å². The Balaban J connectivity index is 1.34. The first-order valence-electron chi connectivity index (χ1n) is 16.3. The first kappa shape index (κ1) is 29.5. The highest BCUT2D eigenvalue weighted by Gasteiger charge is 2.41. The lowest BCUT2D eigenvalue weighted by Gasteiger charge is -2.33. The molecular formula is C38H37N5O3S. The van der Waals surface area contributed by atoms with E-state index in [0.717, 1.165) is 48.1 Å². The quantitative estimate of drug-likeness (QED) is 0.181. The Labute approximate surface area is 275 Å². The van der Waals surface area contributed by atoms with Crippen molar-refractivity contribution in [1.29, 1.82) is 0 Å². The molecule has 0 bridgehead atoms. The lowest BCUT2D eigenvalue weighted by atomic mass is 9.75. The van der Waals surface area contributed by atoms with E-state index in [1.165, 1.54) is 28.5 Å². The predicted octanol–water partition coefficient (Wildman–Crippen LogP) is 7.37. The number of fused-ring (bicyclic) bond motifs is 3. The van der Waals surface area contributed by atoms with Crippen molar-refractivity contribution < 1.29 is 13.7 Å². The van der Waals surface area contributed by atoms with Crippen molar-refractivity contribution in [3.8, 4) is 5.88 Å². The maximum atomic E-state index is 15.8. The molecule has 5 aromatic rings. The molecule has 2 N–H and O–H groups in total. The lowest BCUT2D eigenvalue weighted by Crippen LogP contribution is -2.38. The number of carbonyl (C=O) groups is 1. The standard InChI is InChI=1S/C38H37N5O3S/c1-25-21-28-22-27-13-12-20-32(27)35(34(25)28)40-37(44)41-47(45,33-23-39-43-24-26(2)46-36(33)43)42-38(29-14-6-3-7-15-29,30-16-8-4-9-17-30)31-18-10-5-11-19-31/h3-11,14-19,22-23,25-26H,12-13,20-21,24H2,1-2H3,(H2,40,41,42,44,45)/t25-,26+,47?/m1/s1. The van der Waals surface area contributed by atoms with Gasteiger partial charge in [0, 0.05) is 5.69 Å². The average Bonchev–Trinajstić information content (AvgIpc) is 3.80. The molecule has 8 nitrogen and oxygen atoms in total. The highest BCUT2D eigenvalue weighted by Crippen LogP contribution is 2.46. The number of amides is 2.